The van der Waals surface area contributed by atoms with Crippen LogP contribution >= 0.6 is 0 Å². The Morgan fingerprint density at radius 1 is 1.39 bits per heavy atom. The Bertz CT molecular complexity index is 624. The van der Waals surface area contributed by atoms with Crippen molar-refractivity contribution in [2.45, 2.75) is 31.8 Å². The maximum absolute atomic E-state index is 13.7. The Labute approximate surface area is 135 Å². The predicted molar refractivity (Wildman–Crippen MR) is 84.1 cm³/mol. The molecule has 0 aromatic heterocycles. The van der Waals surface area contributed by atoms with Gasteiger partial charge < -0.3 is 15.5 Å². The van der Waals surface area contributed by atoms with Crippen molar-refractivity contribution in [1.29, 1.82) is 5.26 Å². The molecule has 1 saturated heterocycles. The Morgan fingerprint density at radius 3 is 2.96 bits per heavy atom. The smallest absolute Gasteiger partial charge is 0.315 e. The van der Waals surface area contributed by atoms with E-state index in [0.717, 1.165) is 32.0 Å². The van der Waals surface area contributed by atoms with E-state index in [4.69, 9.17) is 5.26 Å². The van der Waals surface area contributed by atoms with Gasteiger partial charge in [-0.3, -0.25) is 0 Å². The fraction of sp³-hybridized carbons (Fsp3) is 0.529. The molecule has 2 N–H and O–H groups in total. The van der Waals surface area contributed by atoms with Crippen molar-refractivity contribution in [2.75, 3.05) is 19.6 Å². The number of urea groups is 1. The molecule has 1 saturated carbocycles. The number of nitrogens with zero attached hydrogens (tertiary/aromatic N) is 2. The first-order chi connectivity index (χ1) is 11.1. The number of hydrogen-bond acceptors (Lipinski definition) is 3. The number of likely N-dealkylation sites (tertiary alicyclic amines) is 1. The van der Waals surface area contributed by atoms with E-state index in [1.165, 1.54) is 31.0 Å². The highest BCUT2D eigenvalue weighted by atomic mass is 19.1. The van der Waals surface area contributed by atoms with Gasteiger partial charge in [-0.05, 0) is 43.4 Å². The molecule has 1 aliphatic carbocycles. The minimum atomic E-state index is -0.416. The van der Waals surface area contributed by atoms with Gasteiger partial charge in [0.25, 0.3) is 0 Å². The van der Waals surface area contributed by atoms with Crippen LogP contribution in [0.2, 0.25) is 0 Å². The molecule has 1 heterocycles. The SMILES string of the molecule is N#Cc1ccc(F)c(CNC(=O)N[C@@H]2CCN(CC3CC3)C2)c1. The lowest BCUT2D eigenvalue weighted by Gasteiger charge is -2.16. The number of carbonyl (C=O) groups is 1. The van der Waals surface area contributed by atoms with Crippen LogP contribution in [0, 0.1) is 23.1 Å². The van der Waals surface area contributed by atoms with Gasteiger partial charge in [0.15, 0.2) is 0 Å². The van der Waals surface area contributed by atoms with Crippen LogP contribution in [-0.2, 0) is 6.54 Å². The average molecular weight is 316 g/mol. The predicted octanol–water partition coefficient (Wildman–Crippen LogP) is 1.98. The number of amides is 2. The number of carbonyl (C=O) groups excluding carboxylic acids is 1. The van der Waals surface area contributed by atoms with Crippen LogP contribution in [0.25, 0.3) is 0 Å². The van der Waals surface area contributed by atoms with E-state index in [1.54, 1.807) is 0 Å². The van der Waals surface area contributed by atoms with Gasteiger partial charge in [0, 0.05) is 37.8 Å². The lowest BCUT2D eigenvalue weighted by Crippen LogP contribution is -2.43. The van der Waals surface area contributed by atoms with Crippen LogP contribution in [-0.4, -0.2) is 36.6 Å². The molecule has 0 unspecified atom stereocenters. The fourth-order valence-corrected chi connectivity index (χ4v) is 2.97. The standard InChI is InChI=1S/C17H21FN4O/c18-16-4-3-13(8-19)7-14(16)9-20-17(23)21-15-5-6-22(11-15)10-12-1-2-12/h3-4,7,12,15H,1-2,5-6,9-11H2,(H2,20,21,23)/t15-/m1/s1. The first-order valence-corrected chi connectivity index (χ1v) is 8.09. The summed E-state index contributed by atoms with van der Waals surface area (Å²) < 4.78 is 13.7. The molecule has 0 radical (unpaired) electrons. The van der Waals surface area contributed by atoms with Crippen LogP contribution in [0.4, 0.5) is 9.18 Å². The third-order valence-corrected chi connectivity index (χ3v) is 4.44. The second-order valence-electron chi connectivity index (χ2n) is 6.43. The monoisotopic (exact) mass is 316 g/mol. The summed E-state index contributed by atoms with van der Waals surface area (Å²) in [4.78, 5) is 14.4. The lowest BCUT2D eigenvalue weighted by molar-refractivity contribution is 0.235. The van der Waals surface area contributed by atoms with E-state index in [1.807, 2.05) is 6.07 Å². The van der Waals surface area contributed by atoms with E-state index in [9.17, 15) is 9.18 Å². The molecule has 2 aliphatic rings. The highest BCUT2D eigenvalue weighted by Gasteiger charge is 2.29. The molecule has 6 heteroatoms. The molecule has 3 rings (SSSR count). The molecule has 0 bridgehead atoms. The number of nitrogens with one attached hydrogen (secondary N) is 2. The van der Waals surface area contributed by atoms with Crippen molar-refractivity contribution < 1.29 is 9.18 Å². The van der Waals surface area contributed by atoms with Gasteiger partial charge >= 0.3 is 6.03 Å². The van der Waals surface area contributed by atoms with E-state index < -0.39 is 5.82 Å². The van der Waals surface area contributed by atoms with Crippen molar-refractivity contribution in [2.24, 2.45) is 5.92 Å². The van der Waals surface area contributed by atoms with Gasteiger partial charge in [-0.15, -0.1) is 0 Å². The summed E-state index contributed by atoms with van der Waals surface area (Å²) in [6.07, 6.45) is 3.63. The zero-order chi connectivity index (χ0) is 16.2. The minimum Gasteiger partial charge on any atom is -0.334 e. The highest BCUT2D eigenvalue weighted by molar-refractivity contribution is 5.74. The van der Waals surface area contributed by atoms with Gasteiger partial charge in [0.2, 0.25) is 0 Å². The summed E-state index contributed by atoms with van der Waals surface area (Å²) >= 11 is 0. The van der Waals surface area contributed by atoms with Crippen LogP contribution in [0.3, 0.4) is 0 Å². The molecule has 122 valence electrons. The summed E-state index contributed by atoms with van der Waals surface area (Å²) in [5, 5.41) is 14.4. The third-order valence-electron chi connectivity index (χ3n) is 4.44. The number of hydrogen-bond donors (Lipinski definition) is 2. The molecule has 1 aromatic rings. The Balaban J connectivity index is 1.44. The van der Waals surface area contributed by atoms with Crippen molar-refractivity contribution in [3.05, 3.63) is 35.1 Å². The second kappa shape index (κ2) is 6.97. The summed E-state index contributed by atoms with van der Waals surface area (Å²) in [6.45, 7) is 3.14. The molecular weight excluding hydrogens is 295 g/mol. The Hall–Kier alpha value is -2.13. The quantitative estimate of drug-likeness (QED) is 0.873. The first-order valence-electron chi connectivity index (χ1n) is 8.09. The van der Waals surface area contributed by atoms with Gasteiger partial charge in [0.05, 0.1) is 11.6 Å². The maximum Gasteiger partial charge on any atom is 0.315 e. The molecule has 0 spiro atoms. The van der Waals surface area contributed by atoms with Gasteiger partial charge in [-0.1, -0.05) is 0 Å². The first kappa shape index (κ1) is 15.8. The molecule has 23 heavy (non-hydrogen) atoms. The van der Waals surface area contributed by atoms with E-state index in [0.29, 0.717) is 11.1 Å². The van der Waals surface area contributed by atoms with Crippen molar-refractivity contribution >= 4 is 6.03 Å². The van der Waals surface area contributed by atoms with Crippen molar-refractivity contribution in [1.82, 2.24) is 15.5 Å². The summed E-state index contributed by atoms with van der Waals surface area (Å²) in [7, 11) is 0. The van der Waals surface area contributed by atoms with Crippen LogP contribution in [0.5, 0.6) is 0 Å². The van der Waals surface area contributed by atoms with E-state index in [2.05, 4.69) is 15.5 Å². The lowest BCUT2D eigenvalue weighted by atomic mass is 10.1. The van der Waals surface area contributed by atoms with Crippen LogP contribution in [0.15, 0.2) is 18.2 Å². The van der Waals surface area contributed by atoms with Crippen molar-refractivity contribution in [3.8, 4) is 6.07 Å². The second-order valence-corrected chi connectivity index (χ2v) is 6.43. The number of benzene rings is 1. The zero-order valence-corrected chi connectivity index (χ0v) is 13.0. The normalized spacial score (nSPS) is 21.0. The Kier molecular flexibility index (Phi) is 4.77. The molecule has 2 amide bonds. The summed E-state index contributed by atoms with van der Waals surface area (Å²) in [6, 6.07) is 5.97. The average Bonchev–Trinajstić information content (AvgIpc) is 3.25. The highest BCUT2D eigenvalue weighted by Crippen LogP contribution is 2.30. The molecule has 5 nitrogen and oxygen atoms in total. The topological polar surface area (TPSA) is 68.2 Å². The summed E-state index contributed by atoms with van der Waals surface area (Å²) in [5.74, 6) is 0.443. The number of rotatable bonds is 5. The summed E-state index contributed by atoms with van der Waals surface area (Å²) in [5.41, 5.74) is 0.705. The fourth-order valence-electron chi connectivity index (χ4n) is 2.97. The minimum absolute atomic E-state index is 0.0751. The van der Waals surface area contributed by atoms with Gasteiger partial charge in [-0.2, -0.15) is 5.26 Å². The molecule has 1 atom stereocenters. The van der Waals surface area contributed by atoms with Gasteiger partial charge in [-0.25, -0.2) is 9.18 Å². The van der Waals surface area contributed by atoms with Crippen molar-refractivity contribution in [3.63, 3.8) is 0 Å². The van der Waals surface area contributed by atoms with E-state index >= 15 is 0 Å². The number of nitriles is 1. The zero-order valence-electron chi connectivity index (χ0n) is 13.0. The third kappa shape index (κ3) is 4.42. The molecule has 2 fully saturated rings. The van der Waals surface area contributed by atoms with Crippen LogP contribution in [0.1, 0.15) is 30.4 Å². The Morgan fingerprint density at radius 2 is 2.22 bits per heavy atom. The largest absolute Gasteiger partial charge is 0.334 e. The molecular formula is C17H21FN4O. The molecule has 1 aromatic carbocycles. The van der Waals surface area contributed by atoms with E-state index in [-0.39, 0.29) is 18.6 Å². The van der Waals surface area contributed by atoms with Crippen LogP contribution < -0.4 is 10.6 Å². The number of halogens is 1. The van der Waals surface area contributed by atoms with Gasteiger partial charge in [0.1, 0.15) is 5.82 Å². The maximum atomic E-state index is 13.7. The molecule has 1 aliphatic heterocycles.